The Morgan fingerprint density at radius 3 is 2.81 bits per heavy atom. The minimum Gasteiger partial charge on any atom is -0.311 e. The number of aryl methyl sites for hydroxylation is 1. The van der Waals surface area contributed by atoms with Crippen LogP contribution in [0, 0.1) is 6.92 Å². The van der Waals surface area contributed by atoms with Gasteiger partial charge in [-0.3, -0.25) is 14.9 Å². The third kappa shape index (κ3) is 5.61. The van der Waals surface area contributed by atoms with Crippen molar-refractivity contribution in [1.29, 1.82) is 0 Å². The van der Waals surface area contributed by atoms with Gasteiger partial charge in [0.1, 0.15) is 0 Å². The van der Waals surface area contributed by atoms with Crippen molar-refractivity contribution < 1.29 is 0 Å². The summed E-state index contributed by atoms with van der Waals surface area (Å²) >= 11 is 0. The molecule has 0 aromatic carbocycles. The number of pyridine rings is 2. The zero-order chi connectivity index (χ0) is 14.9. The summed E-state index contributed by atoms with van der Waals surface area (Å²) in [6, 6.07) is 10.3. The van der Waals surface area contributed by atoms with Crippen LogP contribution in [0.4, 0.5) is 0 Å². The van der Waals surface area contributed by atoms with Crippen molar-refractivity contribution in [2.24, 2.45) is 0 Å². The fourth-order valence-corrected chi connectivity index (χ4v) is 2.24. The molecule has 0 bridgehead atoms. The van der Waals surface area contributed by atoms with Crippen molar-refractivity contribution in [3.8, 4) is 0 Å². The first kappa shape index (κ1) is 15.6. The van der Waals surface area contributed by atoms with Gasteiger partial charge in [0.15, 0.2) is 0 Å². The predicted octanol–water partition coefficient (Wildman–Crippen LogP) is 2.40. The smallest absolute Gasteiger partial charge is 0.0547 e. The molecule has 1 N–H and O–H groups in total. The van der Waals surface area contributed by atoms with Gasteiger partial charge in [-0.25, -0.2) is 0 Å². The molecule has 0 radical (unpaired) electrons. The Bertz CT molecular complexity index is 527. The summed E-state index contributed by atoms with van der Waals surface area (Å²) in [5.41, 5.74) is 3.45. The van der Waals surface area contributed by atoms with Crippen LogP contribution in [0.1, 0.15) is 23.9 Å². The molecule has 4 heteroatoms. The van der Waals surface area contributed by atoms with Crippen molar-refractivity contribution in [2.45, 2.75) is 26.9 Å². The van der Waals surface area contributed by atoms with Crippen molar-refractivity contribution in [2.75, 3.05) is 19.6 Å². The predicted molar refractivity (Wildman–Crippen MR) is 85.9 cm³/mol. The molecule has 2 aromatic heterocycles. The van der Waals surface area contributed by atoms with Gasteiger partial charge in [0.05, 0.1) is 5.69 Å². The Labute approximate surface area is 127 Å². The van der Waals surface area contributed by atoms with Crippen LogP contribution >= 0.6 is 0 Å². The monoisotopic (exact) mass is 284 g/mol. The Morgan fingerprint density at radius 1 is 1.19 bits per heavy atom. The molecule has 4 nitrogen and oxygen atoms in total. The van der Waals surface area contributed by atoms with Crippen LogP contribution in [0.15, 0.2) is 42.7 Å². The lowest BCUT2D eigenvalue weighted by Gasteiger charge is -2.20. The van der Waals surface area contributed by atoms with Crippen molar-refractivity contribution >= 4 is 0 Å². The molecule has 112 valence electrons. The van der Waals surface area contributed by atoms with Gasteiger partial charge in [-0.1, -0.05) is 19.1 Å². The second-order valence-corrected chi connectivity index (χ2v) is 5.18. The molecule has 0 aliphatic carbocycles. The number of nitrogens with one attached hydrogen (secondary N) is 1. The molecular formula is C17H24N4. The van der Waals surface area contributed by atoms with Crippen LogP contribution in [-0.2, 0) is 13.1 Å². The van der Waals surface area contributed by atoms with Crippen molar-refractivity contribution in [3.05, 3.63) is 59.7 Å². The maximum Gasteiger partial charge on any atom is 0.0547 e. The van der Waals surface area contributed by atoms with Crippen LogP contribution < -0.4 is 5.32 Å². The highest BCUT2D eigenvalue weighted by molar-refractivity contribution is 5.10. The zero-order valence-electron chi connectivity index (χ0n) is 12.9. The third-order valence-corrected chi connectivity index (χ3v) is 3.44. The van der Waals surface area contributed by atoms with E-state index in [9.17, 15) is 0 Å². The molecule has 0 spiro atoms. The summed E-state index contributed by atoms with van der Waals surface area (Å²) in [5, 5.41) is 3.46. The van der Waals surface area contributed by atoms with E-state index in [-0.39, 0.29) is 0 Å². The highest BCUT2D eigenvalue weighted by atomic mass is 15.1. The SMILES string of the molecule is CCN(CCNCc1cccnc1)Cc1cccc(C)n1. The van der Waals surface area contributed by atoms with Gasteiger partial charge in [-0.2, -0.15) is 0 Å². The second-order valence-electron chi connectivity index (χ2n) is 5.18. The van der Waals surface area contributed by atoms with E-state index in [0.29, 0.717) is 0 Å². The van der Waals surface area contributed by atoms with E-state index in [4.69, 9.17) is 0 Å². The third-order valence-electron chi connectivity index (χ3n) is 3.44. The molecule has 21 heavy (non-hydrogen) atoms. The van der Waals surface area contributed by atoms with Gasteiger partial charge in [-0.15, -0.1) is 0 Å². The molecule has 0 unspecified atom stereocenters. The standard InChI is InChI=1S/C17H24N4/c1-3-21(14-17-8-4-6-15(2)20-17)11-10-19-13-16-7-5-9-18-12-16/h4-9,12,19H,3,10-11,13-14H2,1-2H3. The average Bonchev–Trinajstić information content (AvgIpc) is 2.51. The van der Waals surface area contributed by atoms with E-state index < -0.39 is 0 Å². The first-order chi connectivity index (χ1) is 10.3. The minimum absolute atomic E-state index is 0.869. The number of hydrogen-bond donors (Lipinski definition) is 1. The Balaban J connectivity index is 1.72. The van der Waals surface area contributed by atoms with E-state index in [1.54, 1.807) is 6.20 Å². The molecule has 0 atom stereocenters. The van der Waals surface area contributed by atoms with E-state index in [1.807, 2.05) is 25.3 Å². The van der Waals surface area contributed by atoms with Gasteiger partial charge in [0.25, 0.3) is 0 Å². The second kappa shape index (κ2) is 8.49. The average molecular weight is 284 g/mol. The highest BCUT2D eigenvalue weighted by Crippen LogP contribution is 2.03. The molecule has 0 saturated carbocycles. The maximum absolute atomic E-state index is 4.57. The van der Waals surface area contributed by atoms with E-state index >= 15 is 0 Å². The van der Waals surface area contributed by atoms with Gasteiger partial charge in [-0.05, 0) is 37.2 Å². The van der Waals surface area contributed by atoms with Gasteiger partial charge in [0, 0.05) is 44.3 Å². The zero-order valence-corrected chi connectivity index (χ0v) is 12.9. The molecule has 0 aliphatic rings. The molecule has 2 heterocycles. The molecule has 2 aromatic rings. The van der Waals surface area contributed by atoms with Crippen molar-refractivity contribution in [3.63, 3.8) is 0 Å². The molecular weight excluding hydrogens is 260 g/mol. The molecule has 0 saturated heterocycles. The summed E-state index contributed by atoms with van der Waals surface area (Å²) in [5.74, 6) is 0. The summed E-state index contributed by atoms with van der Waals surface area (Å²) in [4.78, 5) is 11.1. The van der Waals surface area contributed by atoms with Gasteiger partial charge >= 0.3 is 0 Å². The molecule has 0 fully saturated rings. The first-order valence-corrected chi connectivity index (χ1v) is 7.52. The van der Waals surface area contributed by atoms with Crippen LogP contribution in [0.3, 0.4) is 0 Å². The van der Waals surface area contributed by atoms with E-state index in [0.717, 1.165) is 44.1 Å². The lowest BCUT2D eigenvalue weighted by atomic mass is 10.3. The number of aromatic nitrogens is 2. The van der Waals surface area contributed by atoms with E-state index in [1.165, 1.54) is 5.56 Å². The normalized spacial score (nSPS) is 11.0. The first-order valence-electron chi connectivity index (χ1n) is 7.52. The quantitative estimate of drug-likeness (QED) is 0.756. The fourth-order valence-electron chi connectivity index (χ4n) is 2.24. The molecule has 0 aliphatic heterocycles. The van der Waals surface area contributed by atoms with Crippen LogP contribution in [0.2, 0.25) is 0 Å². The Hall–Kier alpha value is -1.78. The largest absolute Gasteiger partial charge is 0.311 e. The van der Waals surface area contributed by atoms with Gasteiger partial charge in [0.2, 0.25) is 0 Å². The highest BCUT2D eigenvalue weighted by Gasteiger charge is 2.04. The summed E-state index contributed by atoms with van der Waals surface area (Å²) < 4.78 is 0. The van der Waals surface area contributed by atoms with E-state index in [2.05, 4.69) is 45.3 Å². The summed E-state index contributed by atoms with van der Waals surface area (Å²) in [6.07, 6.45) is 3.71. The maximum atomic E-state index is 4.57. The Morgan fingerprint density at radius 2 is 2.10 bits per heavy atom. The van der Waals surface area contributed by atoms with Gasteiger partial charge < -0.3 is 5.32 Å². The summed E-state index contributed by atoms with van der Waals surface area (Å²) in [6.45, 7) is 9.03. The number of nitrogens with zero attached hydrogens (tertiary/aromatic N) is 3. The molecule has 2 rings (SSSR count). The number of likely N-dealkylation sites (N-methyl/N-ethyl adjacent to an activating group) is 1. The van der Waals surface area contributed by atoms with Crippen molar-refractivity contribution in [1.82, 2.24) is 20.2 Å². The van der Waals surface area contributed by atoms with Crippen LogP contribution in [-0.4, -0.2) is 34.5 Å². The lowest BCUT2D eigenvalue weighted by Crippen LogP contribution is -2.31. The lowest BCUT2D eigenvalue weighted by molar-refractivity contribution is 0.275. The van der Waals surface area contributed by atoms with Crippen LogP contribution in [0.5, 0.6) is 0 Å². The molecule has 0 amide bonds. The number of rotatable bonds is 8. The van der Waals surface area contributed by atoms with Crippen LogP contribution in [0.25, 0.3) is 0 Å². The topological polar surface area (TPSA) is 41.0 Å². The minimum atomic E-state index is 0.869. The fraction of sp³-hybridized carbons (Fsp3) is 0.412. The Kier molecular flexibility index (Phi) is 6.31. The summed E-state index contributed by atoms with van der Waals surface area (Å²) in [7, 11) is 0. The number of hydrogen-bond acceptors (Lipinski definition) is 4.